The number of halogens is 1. The Morgan fingerprint density at radius 3 is 2.17 bits per heavy atom. The second-order valence-electron chi connectivity index (χ2n) is 8.58. The molecular formula is C21H35ClN4O3. The van der Waals surface area contributed by atoms with E-state index in [0.717, 1.165) is 83.0 Å². The Labute approximate surface area is 179 Å². The second-order valence-corrected chi connectivity index (χ2v) is 8.58. The summed E-state index contributed by atoms with van der Waals surface area (Å²) in [4.78, 5) is 40.2. The number of nitrogens with one attached hydrogen (secondary N) is 2. The molecule has 3 rings (SSSR count). The van der Waals surface area contributed by atoms with E-state index in [1.807, 2.05) is 11.9 Å². The predicted molar refractivity (Wildman–Crippen MR) is 115 cm³/mol. The normalized spacial score (nSPS) is 23.3. The van der Waals surface area contributed by atoms with Crippen LogP contribution in [0.4, 0.5) is 0 Å². The number of amides is 2. The minimum atomic E-state index is -0.726. The van der Waals surface area contributed by atoms with Crippen molar-refractivity contribution < 1.29 is 14.4 Å². The molecule has 1 aliphatic heterocycles. The van der Waals surface area contributed by atoms with Crippen LogP contribution in [0.15, 0.2) is 5.10 Å². The SMILES string of the molecule is CN1CCC/C1=N\NC(=O)C(=O)C(NC(=O)C1CCCCC1)C1CCCCC1.Cl. The van der Waals surface area contributed by atoms with Gasteiger partial charge in [-0.3, -0.25) is 14.4 Å². The first kappa shape index (κ1) is 23.6. The number of hydrazone groups is 1. The smallest absolute Gasteiger partial charge is 0.309 e. The molecule has 3 aliphatic rings. The summed E-state index contributed by atoms with van der Waals surface area (Å²) in [7, 11) is 1.93. The van der Waals surface area contributed by atoms with Gasteiger partial charge in [-0.1, -0.05) is 38.5 Å². The van der Waals surface area contributed by atoms with Gasteiger partial charge in [-0.25, -0.2) is 5.43 Å². The third-order valence-electron chi connectivity index (χ3n) is 6.52. The number of rotatable bonds is 6. The molecule has 1 atom stereocenters. The Morgan fingerprint density at radius 2 is 1.59 bits per heavy atom. The van der Waals surface area contributed by atoms with Gasteiger partial charge in [-0.15, -0.1) is 12.4 Å². The zero-order valence-electron chi connectivity index (χ0n) is 17.5. The number of carbonyl (C=O) groups is 3. The summed E-state index contributed by atoms with van der Waals surface area (Å²) in [5.41, 5.74) is 2.43. The zero-order chi connectivity index (χ0) is 19.9. The molecule has 3 fully saturated rings. The molecule has 2 amide bonds. The van der Waals surface area contributed by atoms with Crippen LogP contribution in [0.2, 0.25) is 0 Å². The van der Waals surface area contributed by atoms with E-state index in [1.165, 1.54) is 6.42 Å². The van der Waals surface area contributed by atoms with E-state index in [4.69, 9.17) is 0 Å². The molecule has 0 radical (unpaired) electrons. The highest BCUT2D eigenvalue weighted by atomic mass is 35.5. The highest BCUT2D eigenvalue weighted by Crippen LogP contribution is 2.28. The molecule has 0 aromatic carbocycles. The summed E-state index contributed by atoms with van der Waals surface area (Å²) >= 11 is 0. The van der Waals surface area contributed by atoms with E-state index in [1.54, 1.807) is 0 Å². The van der Waals surface area contributed by atoms with Gasteiger partial charge in [0.1, 0.15) is 11.9 Å². The Bertz CT molecular complexity index is 613. The van der Waals surface area contributed by atoms with Gasteiger partial charge >= 0.3 is 5.91 Å². The van der Waals surface area contributed by atoms with Crippen molar-refractivity contribution in [2.45, 2.75) is 83.1 Å². The lowest BCUT2D eigenvalue weighted by molar-refractivity contribution is -0.141. The number of amidine groups is 1. The standard InChI is InChI=1S/C21H34N4O3.ClH/c1-25-14-8-13-17(25)23-24-21(28)19(26)18(15-9-4-2-5-10-15)22-20(27)16-11-6-3-7-12-16;/h15-16,18H,2-14H2,1H3,(H,22,27)(H,24,28);1H/b23-17+;. The van der Waals surface area contributed by atoms with Gasteiger partial charge in [0.2, 0.25) is 11.7 Å². The number of hydrogen-bond acceptors (Lipinski definition) is 4. The Kier molecular flexibility index (Phi) is 9.40. The van der Waals surface area contributed by atoms with Gasteiger partial charge in [0, 0.05) is 25.9 Å². The molecule has 7 nitrogen and oxygen atoms in total. The first-order chi connectivity index (χ1) is 13.6. The third-order valence-corrected chi connectivity index (χ3v) is 6.52. The molecule has 0 aromatic heterocycles. The highest BCUT2D eigenvalue weighted by molar-refractivity contribution is 6.38. The number of hydrogen-bond donors (Lipinski definition) is 2. The maximum Gasteiger partial charge on any atom is 0.309 e. The molecule has 0 spiro atoms. The molecule has 2 saturated carbocycles. The van der Waals surface area contributed by atoms with Gasteiger partial charge in [-0.2, -0.15) is 5.10 Å². The number of ketones is 1. The topological polar surface area (TPSA) is 90.9 Å². The maximum atomic E-state index is 12.9. The lowest BCUT2D eigenvalue weighted by Gasteiger charge is -2.31. The van der Waals surface area contributed by atoms with Crippen molar-refractivity contribution in [3.8, 4) is 0 Å². The van der Waals surface area contributed by atoms with Crippen LogP contribution in [0, 0.1) is 11.8 Å². The molecule has 1 saturated heterocycles. The summed E-state index contributed by atoms with van der Waals surface area (Å²) in [5.74, 6) is -0.516. The van der Waals surface area contributed by atoms with Crippen LogP contribution in [0.5, 0.6) is 0 Å². The Balaban J connectivity index is 0.00000300. The molecule has 2 N–H and O–H groups in total. The molecule has 29 heavy (non-hydrogen) atoms. The van der Waals surface area contributed by atoms with Crippen molar-refractivity contribution in [2.75, 3.05) is 13.6 Å². The first-order valence-electron chi connectivity index (χ1n) is 11.0. The van der Waals surface area contributed by atoms with Gasteiger partial charge in [0.15, 0.2) is 0 Å². The lowest BCUT2D eigenvalue weighted by Crippen LogP contribution is -2.52. The van der Waals surface area contributed by atoms with Gasteiger partial charge in [-0.05, 0) is 38.0 Å². The van der Waals surface area contributed by atoms with E-state index in [2.05, 4.69) is 15.8 Å². The van der Waals surface area contributed by atoms with Crippen molar-refractivity contribution in [1.82, 2.24) is 15.6 Å². The van der Waals surface area contributed by atoms with Crippen molar-refractivity contribution in [3.63, 3.8) is 0 Å². The van der Waals surface area contributed by atoms with E-state index in [9.17, 15) is 14.4 Å². The van der Waals surface area contributed by atoms with Crippen molar-refractivity contribution in [1.29, 1.82) is 0 Å². The lowest BCUT2D eigenvalue weighted by atomic mass is 9.81. The molecule has 8 heteroatoms. The van der Waals surface area contributed by atoms with Crippen LogP contribution in [-0.2, 0) is 14.4 Å². The first-order valence-corrected chi connectivity index (χ1v) is 11.0. The van der Waals surface area contributed by atoms with E-state index in [0.29, 0.717) is 0 Å². The fourth-order valence-corrected chi connectivity index (χ4v) is 4.75. The third kappa shape index (κ3) is 6.43. The summed E-state index contributed by atoms with van der Waals surface area (Å²) in [6.45, 7) is 0.908. The Hall–Kier alpha value is -1.63. The molecule has 1 unspecified atom stereocenters. The molecule has 2 aliphatic carbocycles. The van der Waals surface area contributed by atoms with Crippen LogP contribution < -0.4 is 10.7 Å². The maximum absolute atomic E-state index is 12.9. The second kappa shape index (κ2) is 11.5. The van der Waals surface area contributed by atoms with Gasteiger partial charge in [0.25, 0.3) is 0 Å². The molecule has 0 aromatic rings. The minimum Gasteiger partial charge on any atom is -0.362 e. The fourth-order valence-electron chi connectivity index (χ4n) is 4.75. The molecular weight excluding hydrogens is 392 g/mol. The van der Waals surface area contributed by atoms with E-state index in [-0.39, 0.29) is 30.2 Å². The van der Waals surface area contributed by atoms with Gasteiger partial charge < -0.3 is 10.2 Å². The van der Waals surface area contributed by atoms with Crippen LogP contribution in [0.3, 0.4) is 0 Å². The number of Topliss-reactive ketones (excluding diaryl/α,β-unsaturated/α-hetero) is 1. The van der Waals surface area contributed by atoms with Crippen LogP contribution in [-0.4, -0.2) is 48.0 Å². The quantitative estimate of drug-likeness (QED) is 0.504. The average molecular weight is 427 g/mol. The van der Waals surface area contributed by atoms with Crippen LogP contribution in [0.25, 0.3) is 0 Å². The van der Waals surface area contributed by atoms with Crippen LogP contribution >= 0.6 is 12.4 Å². The van der Waals surface area contributed by atoms with Crippen molar-refractivity contribution in [2.24, 2.45) is 16.9 Å². The summed E-state index contributed by atoms with van der Waals surface area (Å²) in [5, 5.41) is 7.10. The number of carbonyl (C=O) groups excluding carboxylic acids is 3. The van der Waals surface area contributed by atoms with Crippen molar-refractivity contribution >= 4 is 35.8 Å². The highest BCUT2D eigenvalue weighted by Gasteiger charge is 2.36. The summed E-state index contributed by atoms with van der Waals surface area (Å²) in [6, 6.07) is -0.726. The van der Waals surface area contributed by atoms with Crippen LogP contribution in [0.1, 0.15) is 77.0 Å². The fraction of sp³-hybridized carbons (Fsp3) is 0.810. The van der Waals surface area contributed by atoms with Crippen molar-refractivity contribution in [3.05, 3.63) is 0 Å². The average Bonchev–Trinajstić information content (AvgIpc) is 3.15. The van der Waals surface area contributed by atoms with E-state index < -0.39 is 17.7 Å². The number of likely N-dealkylation sites (tertiary alicyclic amines) is 1. The van der Waals surface area contributed by atoms with Gasteiger partial charge in [0.05, 0.1) is 0 Å². The Morgan fingerprint density at radius 1 is 0.966 bits per heavy atom. The minimum absolute atomic E-state index is 0. The monoisotopic (exact) mass is 426 g/mol. The summed E-state index contributed by atoms with van der Waals surface area (Å²) < 4.78 is 0. The molecule has 164 valence electrons. The zero-order valence-corrected chi connectivity index (χ0v) is 18.3. The number of nitrogens with zero attached hydrogens (tertiary/aromatic N) is 2. The predicted octanol–water partition coefficient (Wildman–Crippen LogP) is 2.78. The molecule has 0 bridgehead atoms. The largest absolute Gasteiger partial charge is 0.362 e. The molecule has 1 heterocycles. The summed E-state index contributed by atoms with van der Waals surface area (Å²) in [6.07, 6.45) is 11.9. The van der Waals surface area contributed by atoms with E-state index >= 15 is 0 Å².